The first-order chi connectivity index (χ1) is 14.9. The molecule has 6 nitrogen and oxygen atoms in total. The van der Waals surface area contributed by atoms with Gasteiger partial charge in [-0.25, -0.2) is 9.18 Å². The molecule has 1 atom stereocenters. The fourth-order valence-corrected chi connectivity index (χ4v) is 4.05. The van der Waals surface area contributed by atoms with Gasteiger partial charge in [-0.1, -0.05) is 18.2 Å². The van der Waals surface area contributed by atoms with Crippen LogP contribution < -0.4 is 10.9 Å². The Hall–Kier alpha value is -3.19. The number of fused-ring (bicyclic) bond motifs is 1. The number of H-pyrrole nitrogens is 1. The maximum Gasteiger partial charge on any atom is 0.322 e. The number of pyridine rings is 1. The minimum absolute atomic E-state index is 0.0960. The molecule has 1 aliphatic heterocycles. The molecule has 0 spiro atoms. The number of carbonyl (C=O) groups is 1. The van der Waals surface area contributed by atoms with Crippen molar-refractivity contribution in [1.29, 1.82) is 0 Å². The number of nitrogens with one attached hydrogen (secondary N) is 2. The van der Waals surface area contributed by atoms with Crippen molar-refractivity contribution in [1.82, 2.24) is 9.88 Å². The van der Waals surface area contributed by atoms with Gasteiger partial charge in [-0.2, -0.15) is 0 Å². The lowest BCUT2D eigenvalue weighted by molar-refractivity contribution is 0.0818. The van der Waals surface area contributed by atoms with E-state index in [4.69, 9.17) is 4.74 Å². The molecule has 7 heteroatoms. The summed E-state index contributed by atoms with van der Waals surface area (Å²) in [6.07, 6.45) is 1.67. The first-order valence-corrected chi connectivity index (χ1v) is 10.5. The summed E-state index contributed by atoms with van der Waals surface area (Å²) in [5.41, 5.74) is 3.22. The van der Waals surface area contributed by atoms with E-state index in [9.17, 15) is 14.0 Å². The average molecular weight is 423 g/mol. The Morgan fingerprint density at radius 1 is 1.26 bits per heavy atom. The summed E-state index contributed by atoms with van der Waals surface area (Å²) in [6.45, 7) is 5.05. The lowest BCUT2D eigenvalue weighted by atomic mass is 10.0. The first-order valence-electron chi connectivity index (χ1n) is 10.5. The highest BCUT2D eigenvalue weighted by Crippen LogP contribution is 2.21. The van der Waals surface area contributed by atoms with E-state index in [0.717, 1.165) is 34.9 Å². The Morgan fingerprint density at radius 3 is 2.81 bits per heavy atom. The van der Waals surface area contributed by atoms with Gasteiger partial charge in [0, 0.05) is 29.6 Å². The largest absolute Gasteiger partial charge is 0.376 e. The predicted molar refractivity (Wildman–Crippen MR) is 119 cm³/mol. The number of urea groups is 1. The number of aryl methyl sites for hydroxylation is 2. The zero-order chi connectivity index (χ0) is 22.0. The molecular formula is C24H26FN3O3. The van der Waals surface area contributed by atoms with Gasteiger partial charge in [0.1, 0.15) is 5.82 Å². The second-order valence-corrected chi connectivity index (χ2v) is 8.09. The van der Waals surface area contributed by atoms with Gasteiger partial charge in [-0.3, -0.25) is 4.79 Å². The van der Waals surface area contributed by atoms with Gasteiger partial charge in [0.05, 0.1) is 18.3 Å². The van der Waals surface area contributed by atoms with Crippen LogP contribution in [0, 0.1) is 19.7 Å². The van der Waals surface area contributed by atoms with Gasteiger partial charge in [-0.15, -0.1) is 0 Å². The molecule has 4 rings (SSSR count). The second kappa shape index (κ2) is 8.89. The molecule has 3 aromatic rings. The van der Waals surface area contributed by atoms with E-state index in [-0.39, 0.29) is 23.9 Å². The van der Waals surface area contributed by atoms with Crippen molar-refractivity contribution in [2.24, 2.45) is 0 Å². The normalized spacial score (nSPS) is 15.9. The number of ether oxygens (including phenoxy) is 1. The van der Waals surface area contributed by atoms with Gasteiger partial charge in [0.25, 0.3) is 5.56 Å². The fraction of sp³-hybridized carbons (Fsp3) is 0.333. The van der Waals surface area contributed by atoms with Gasteiger partial charge in [-0.05, 0) is 62.1 Å². The number of halogens is 1. The molecule has 0 saturated carbocycles. The van der Waals surface area contributed by atoms with Crippen LogP contribution in [-0.2, 0) is 11.3 Å². The molecule has 1 fully saturated rings. The van der Waals surface area contributed by atoms with Crippen molar-refractivity contribution >= 4 is 22.6 Å². The van der Waals surface area contributed by atoms with E-state index < -0.39 is 11.8 Å². The Labute approximate surface area is 180 Å². The van der Waals surface area contributed by atoms with Crippen LogP contribution in [-0.4, -0.2) is 35.2 Å². The van der Waals surface area contributed by atoms with Crippen LogP contribution in [0.5, 0.6) is 0 Å². The maximum atomic E-state index is 14.0. The van der Waals surface area contributed by atoms with Crippen molar-refractivity contribution in [2.45, 2.75) is 39.3 Å². The molecule has 162 valence electrons. The molecule has 0 radical (unpaired) electrons. The molecule has 1 aromatic heterocycles. The minimum atomic E-state index is -0.512. The summed E-state index contributed by atoms with van der Waals surface area (Å²) in [5.74, 6) is -0.512. The number of nitrogens with zero attached hydrogens (tertiary/aromatic N) is 1. The number of aromatic amines is 1. The number of anilines is 1. The van der Waals surface area contributed by atoms with Crippen molar-refractivity contribution in [2.75, 3.05) is 18.5 Å². The topological polar surface area (TPSA) is 74.4 Å². The van der Waals surface area contributed by atoms with Gasteiger partial charge >= 0.3 is 6.03 Å². The highest BCUT2D eigenvalue weighted by atomic mass is 19.1. The van der Waals surface area contributed by atoms with Crippen LogP contribution in [0.25, 0.3) is 10.9 Å². The number of rotatable bonds is 5. The third-order valence-electron chi connectivity index (χ3n) is 5.60. The average Bonchev–Trinajstić information content (AvgIpc) is 3.23. The van der Waals surface area contributed by atoms with Gasteiger partial charge < -0.3 is 19.9 Å². The van der Waals surface area contributed by atoms with Crippen molar-refractivity contribution in [3.8, 4) is 0 Å². The standard InChI is InChI=1S/C24H26FN3O3/c1-15-10-16(2)19-12-17(23(29)26-22(19)11-15)13-28(14-18-6-5-9-31-18)24(30)27-21-8-4-3-7-20(21)25/h3-4,7-8,10-12,18H,5-6,9,13-14H2,1-2H3,(H,26,29)(H,27,30)/t18-/m0/s1. The second-order valence-electron chi connectivity index (χ2n) is 8.09. The summed E-state index contributed by atoms with van der Waals surface area (Å²) >= 11 is 0. The molecule has 31 heavy (non-hydrogen) atoms. The summed E-state index contributed by atoms with van der Waals surface area (Å²) < 4.78 is 19.7. The Balaban J connectivity index is 1.64. The van der Waals surface area contributed by atoms with Crippen LogP contribution in [0.2, 0.25) is 0 Å². The summed E-state index contributed by atoms with van der Waals surface area (Å²) in [6, 6.07) is 11.4. The number of hydrogen-bond acceptors (Lipinski definition) is 3. The van der Waals surface area contributed by atoms with E-state index in [1.165, 1.54) is 17.0 Å². The Kier molecular flexibility index (Phi) is 6.04. The highest BCUT2D eigenvalue weighted by Gasteiger charge is 2.24. The molecule has 2 aromatic carbocycles. The van der Waals surface area contributed by atoms with E-state index in [1.807, 2.05) is 26.0 Å². The van der Waals surface area contributed by atoms with E-state index in [1.54, 1.807) is 12.1 Å². The summed E-state index contributed by atoms with van der Waals surface area (Å²) in [4.78, 5) is 30.2. The zero-order valence-corrected chi connectivity index (χ0v) is 17.7. The van der Waals surface area contributed by atoms with Crippen LogP contribution in [0.15, 0.2) is 47.3 Å². The fourth-order valence-electron chi connectivity index (χ4n) is 4.05. The molecule has 1 saturated heterocycles. The van der Waals surface area contributed by atoms with Crippen LogP contribution >= 0.6 is 0 Å². The lowest BCUT2D eigenvalue weighted by Crippen LogP contribution is -2.41. The van der Waals surface area contributed by atoms with Crippen molar-refractivity contribution in [3.05, 3.63) is 75.3 Å². The molecule has 0 bridgehead atoms. The van der Waals surface area contributed by atoms with Crippen molar-refractivity contribution < 1.29 is 13.9 Å². The molecule has 0 aliphatic carbocycles. The summed E-state index contributed by atoms with van der Waals surface area (Å²) in [5, 5.41) is 3.56. The SMILES string of the molecule is Cc1cc(C)c2cc(CN(C[C@@H]3CCCO3)C(=O)Nc3ccccc3F)c(=O)[nH]c2c1. The maximum absolute atomic E-state index is 14.0. The van der Waals surface area contributed by atoms with Gasteiger partial charge in [0.15, 0.2) is 0 Å². The molecule has 2 N–H and O–H groups in total. The van der Waals surface area contributed by atoms with E-state index in [0.29, 0.717) is 18.7 Å². The molecule has 1 aliphatic rings. The molecule has 2 amide bonds. The molecule has 0 unspecified atom stereocenters. The van der Waals surface area contributed by atoms with E-state index in [2.05, 4.69) is 16.4 Å². The monoisotopic (exact) mass is 423 g/mol. The van der Waals surface area contributed by atoms with Gasteiger partial charge in [0.2, 0.25) is 0 Å². The molecular weight excluding hydrogens is 397 g/mol. The smallest absolute Gasteiger partial charge is 0.322 e. The number of benzene rings is 2. The number of aromatic nitrogens is 1. The third kappa shape index (κ3) is 4.77. The summed E-state index contributed by atoms with van der Waals surface area (Å²) in [7, 11) is 0. The number of carbonyl (C=O) groups excluding carboxylic acids is 1. The van der Waals surface area contributed by atoms with E-state index >= 15 is 0 Å². The third-order valence-corrected chi connectivity index (χ3v) is 5.60. The number of para-hydroxylation sites is 1. The Bertz CT molecular complexity index is 1170. The minimum Gasteiger partial charge on any atom is -0.376 e. The van der Waals surface area contributed by atoms with Crippen LogP contribution in [0.1, 0.15) is 29.5 Å². The lowest BCUT2D eigenvalue weighted by Gasteiger charge is -2.26. The number of amides is 2. The predicted octanol–water partition coefficient (Wildman–Crippen LogP) is 4.50. The van der Waals surface area contributed by atoms with Crippen molar-refractivity contribution in [3.63, 3.8) is 0 Å². The van der Waals surface area contributed by atoms with Crippen LogP contribution in [0.3, 0.4) is 0 Å². The number of hydrogen-bond donors (Lipinski definition) is 2. The first kappa shape index (κ1) is 21.1. The molecule has 2 heterocycles. The highest BCUT2D eigenvalue weighted by molar-refractivity contribution is 5.89. The Morgan fingerprint density at radius 2 is 2.06 bits per heavy atom. The van der Waals surface area contributed by atoms with Crippen LogP contribution in [0.4, 0.5) is 14.9 Å². The quantitative estimate of drug-likeness (QED) is 0.635. The zero-order valence-electron chi connectivity index (χ0n) is 17.7.